The summed E-state index contributed by atoms with van der Waals surface area (Å²) < 4.78 is 5.35. The molecule has 23 heavy (non-hydrogen) atoms. The zero-order chi connectivity index (χ0) is 16.3. The van der Waals surface area contributed by atoms with E-state index in [2.05, 4.69) is 4.90 Å². The molecule has 120 valence electrons. The van der Waals surface area contributed by atoms with Gasteiger partial charge in [0.15, 0.2) is 5.60 Å². The Bertz CT molecular complexity index is 666. The number of primary amides is 1. The molecule has 5 heteroatoms. The van der Waals surface area contributed by atoms with E-state index in [1.165, 1.54) is 0 Å². The van der Waals surface area contributed by atoms with Crippen molar-refractivity contribution in [1.29, 1.82) is 0 Å². The minimum Gasteiger partial charge on any atom is -0.378 e. The van der Waals surface area contributed by atoms with Crippen molar-refractivity contribution >= 4 is 11.6 Å². The molecule has 1 unspecified atom stereocenters. The van der Waals surface area contributed by atoms with Crippen LogP contribution in [0.5, 0.6) is 0 Å². The van der Waals surface area contributed by atoms with Gasteiger partial charge in [-0.15, -0.1) is 0 Å². The van der Waals surface area contributed by atoms with Gasteiger partial charge in [0.25, 0.3) is 5.91 Å². The maximum atomic E-state index is 12.0. The zero-order valence-electron chi connectivity index (χ0n) is 12.8. The summed E-state index contributed by atoms with van der Waals surface area (Å²) in [6.07, 6.45) is 0. The van der Waals surface area contributed by atoms with Gasteiger partial charge in [-0.05, 0) is 23.3 Å². The monoisotopic (exact) mass is 312 g/mol. The molecule has 1 amide bonds. The van der Waals surface area contributed by atoms with Gasteiger partial charge in [0.1, 0.15) is 0 Å². The van der Waals surface area contributed by atoms with Gasteiger partial charge in [-0.25, -0.2) is 0 Å². The second kappa shape index (κ2) is 6.40. The number of hydrogen-bond acceptors (Lipinski definition) is 4. The zero-order valence-corrected chi connectivity index (χ0v) is 12.8. The number of amides is 1. The molecule has 1 saturated heterocycles. The first-order valence-electron chi connectivity index (χ1n) is 7.63. The number of ether oxygens (including phenoxy) is 1. The normalized spacial score (nSPS) is 17.5. The van der Waals surface area contributed by atoms with E-state index >= 15 is 0 Å². The Morgan fingerprint density at radius 1 is 1.00 bits per heavy atom. The molecule has 1 fully saturated rings. The molecule has 0 spiro atoms. The van der Waals surface area contributed by atoms with E-state index in [-0.39, 0.29) is 0 Å². The van der Waals surface area contributed by atoms with Crippen LogP contribution in [0.15, 0.2) is 54.6 Å². The average Bonchev–Trinajstić information content (AvgIpc) is 2.62. The highest BCUT2D eigenvalue weighted by atomic mass is 16.5. The van der Waals surface area contributed by atoms with Crippen LogP contribution in [-0.4, -0.2) is 37.3 Å². The van der Waals surface area contributed by atoms with Gasteiger partial charge >= 0.3 is 0 Å². The molecule has 3 N–H and O–H groups in total. The lowest BCUT2D eigenvalue weighted by atomic mass is 9.85. The van der Waals surface area contributed by atoms with Crippen molar-refractivity contribution in [3.63, 3.8) is 0 Å². The maximum absolute atomic E-state index is 12.0. The third-order valence-electron chi connectivity index (χ3n) is 4.21. The van der Waals surface area contributed by atoms with Gasteiger partial charge in [0, 0.05) is 18.8 Å². The molecule has 2 aromatic rings. The lowest BCUT2D eigenvalue weighted by molar-refractivity contribution is -0.133. The van der Waals surface area contributed by atoms with Crippen LogP contribution in [0.2, 0.25) is 0 Å². The van der Waals surface area contributed by atoms with Gasteiger partial charge < -0.3 is 20.5 Å². The van der Waals surface area contributed by atoms with Crippen molar-refractivity contribution in [1.82, 2.24) is 0 Å². The van der Waals surface area contributed by atoms with Crippen molar-refractivity contribution < 1.29 is 14.6 Å². The summed E-state index contributed by atoms with van der Waals surface area (Å²) in [4.78, 5) is 14.2. The Morgan fingerprint density at radius 2 is 1.57 bits per heavy atom. The number of aliphatic hydroxyl groups is 1. The first-order valence-corrected chi connectivity index (χ1v) is 7.63. The largest absolute Gasteiger partial charge is 0.378 e. The van der Waals surface area contributed by atoms with E-state index in [4.69, 9.17) is 10.5 Å². The molecule has 0 aromatic heterocycles. The number of morpholine rings is 1. The summed E-state index contributed by atoms with van der Waals surface area (Å²) in [6, 6.07) is 16.1. The third-order valence-corrected chi connectivity index (χ3v) is 4.21. The second-order valence-corrected chi connectivity index (χ2v) is 5.59. The summed E-state index contributed by atoms with van der Waals surface area (Å²) in [5.74, 6) is -0.789. The lowest BCUT2D eigenvalue weighted by Gasteiger charge is -2.30. The highest BCUT2D eigenvalue weighted by Gasteiger charge is 2.38. The van der Waals surface area contributed by atoms with E-state index in [1.807, 2.05) is 18.2 Å². The van der Waals surface area contributed by atoms with E-state index in [9.17, 15) is 9.90 Å². The van der Waals surface area contributed by atoms with Gasteiger partial charge in [-0.3, -0.25) is 4.79 Å². The first-order chi connectivity index (χ1) is 11.1. The van der Waals surface area contributed by atoms with Crippen LogP contribution in [0.4, 0.5) is 5.69 Å². The summed E-state index contributed by atoms with van der Waals surface area (Å²) in [5.41, 5.74) is 5.64. The third kappa shape index (κ3) is 2.93. The molecular formula is C18H20N2O3. The molecular weight excluding hydrogens is 292 g/mol. The fraction of sp³-hybridized carbons (Fsp3) is 0.278. The molecule has 1 aliphatic rings. The summed E-state index contributed by atoms with van der Waals surface area (Å²) in [5, 5.41) is 10.9. The molecule has 1 heterocycles. The number of rotatable bonds is 4. The van der Waals surface area contributed by atoms with Crippen molar-refractivity contribution in [2.75, 3.05) is 31.2 Å². The number of carbonyl (C=O) groups is 1. The van der Waals surface area contributed by atoms with E-state index < -0.39 is 11.5 Å². The first kappa shape index (κ1) is 15.5. The molecule has 0 aliphatic carbocycles. The highest BCUT2D eigenvalue weighted by Crippen LogP contribution is 2.30. The van der Waals surface area contributed by atoms with Gasteiger partial charge in [0.2, 0.25) is 0 Å². The van der Waals surface area contributed by atoms with Gasteiger partial charge in [-0.2, -0.15) is 0 Å². The van der Waals surface area contributed by atoms with Crippen LogP contribution in [-0.2, 0) is 15.1 Å². The summed E-state index contributed by atoms with van der Waals surface area (Å²) in [6.45, 7) is 3.07. The summed E-state index contributed by atoms with van der Waals surface area (Å²) >= 11 is 0. The predicted molar refractivity (Wildman–Crippen MR) is 88.1 cm³/mol. The predicted octanol–water partition coefficient (Wildman–Crippen LogP) is 1.24. The van der Waals surface area contributed by atoms with Crippen molar-refractivity contribution in [2.24, 2.45) is 5.73 Å². The van der Waals surface area contributed by atoms with Crippen LogP contribution < -0.4 is 10.6 Å². The second-order valence-electron chi connectivity index (χ2n) is 5.59. The Balaban J connectivity index is 1.93. The molecule has 0 saturated carbocycles. The van der Waals surface area contributed by atoms with Crippen LogP contribution in [0, 0.1) is 0 Å². The Kier molecular flexibility index (Phi) is 4.32. The molecule has 5 nitrogen and oxygen atoms in total. The Labute approximate surface area is 135 Å². The van der Waals surface area contributed by atoms with Crippen molar-refractivity contribution in [3.8, 4) is 0 Å². The number of nitrogens with two attached hydrogens (primary N) is 1. The lowest BCUT2D eigenvalue weighted by Crippen LogP contribution is -2.42. The SMILES string of the molecule is NC(=O)C(O)(c1ccccc1)c1ccc(N2CCOCC2)cc1. The standard InChI is InChI=1S/C18H20N2O3/c19-17(21)18(22,14-4-2-1-3-5-14)15-6-8-16(9-7-15)20-10-12-23-13-11-20/h1-9,22H,10-13H2,(H2,19,21). The average molecular weight is 312 g/mol. The molecule has 2 aromatic carbocycles. The molecule has 0 radical (unpaired) electrons. The van der Waals surface area contributed by atoms with E-state index in [0.717, 1.165) is 18.8 Å². The van der Waals surface area contributed by atoms with E-state index in [0.29, 0.717) is 24.3 Å². The molecule has 1 atom stereocenters. The number of anilines is 1. The minimum absolute atomic E-state index is 0.464. The number of carbonyl (C=O) groups excluding carboxylic acids is 1. The van der Waals surface area contributed by atoms with Crippen molar-refractivity contribution in [3.05, 3.63) is 65.7 Å². The topological polar surface area (TPSA) is 75.8 Å². The fourth-order valence-corrected chi connectivity index (χ4v) is 2.87. The smallest absolute Gasteiger partial charge is 0.258 e. The number of nitrogens with zero attached hydrogens (tertiary/aromatic N) is 1. The number of benzene rings is 2. The van der Waals surface area contributed by atoms with Crippen LogP contribution in [0.1, 0.15) is 11.1 Å². The van der Waals surface area contributed by atoms with Crippen LogP contribution in [0.3, 0.4) is 0 Å². The number of hydrogen-bond donors (Lipinski definition) is 2. The fourth-order valence-electron chi connectivity index (χ4n) is 2.87. The maximum Gasteiger partial charge on any atom is 0.258 e. The summed E-state index contributed by atoms with van der Waals surface area (Å²) in [7, 11) is 0. The molecule has 1 aliphatic heterocycles. The minimum atomic E-state index is -1.83. The van der Waals surface area contributed by atoms with E-state index in [1.54, 1.807) is 36.4 Å². The molecule has 3 rings (SSSR count). The molecule has 0 bridgehead atoms. The Hall–Kier alpha value is -2.37. The van der Waals surface area contributed by atoms with Gasteiger partial charge in [0.05, 0.1) is 13.2 Å². The van der Waals surface area contributed by atoms with Crippen molar-refractivity contribution in [2.45, 2.75) is 5.60 Å². The Morgan fingerprint density at radius 3 is 2.13 bits per heavy atom. The quantitative estimate of drug-likeness (QED) is 0.891. The highest BCUT2D eigenvalue weighted by molar-refractivity contribution is 5.88. The van der Waals surface area contributed by atoms with Crippen LogP contribution >= 0.6 is 0 Å². The van der Waals surface area contributed by atoms with Gasteiger partial charge in [-0.1, -0.05) is 42.5 Å². The van der Waals surface area contributed by atoms with Crippen LogP contribution in [0.25, 0.3) is 0 Å².